The van der Waals surface area contributed by atoms with Crippen LogP contribution in [0, 0.1) is 0 Å². The number of amides is 1. The quantitative estimate of drug-likeness (QED) is 0.789. The summed E-state index contributed by atoms with van der Waals surface area (Å²) < 4.78 is 5.02. The van der Waals surface area contributed by atoms with Crippen LogP contribution in [0.15, 0.2) is 22.8 Å². The molecule has 1 atom stereocenters. The van der Waals surface area contributed by atoms with E-state index in [4.69, 9.17) is 22.4 Å². The maximum atomic E-state index is 11.8. The molecule has 0 saturated heterocycles. The zero-order chi connectivity index (χ0) is 11.4. The maximum Gasteiger partial charge on any atom is 0.289 e. The molecular weight excluding hydrogens is 212 g/mol. The first-order valence-corrected chi connectivity index (χ1v) is 5.02. The van der Waals surface area contributed by atoms with E-state index in [2.05, 4.69) is 0 Å². The van der Waals surface area contributed by atoms with E-state index in [-0.39, 0.29) is 11.9 Å². The normalized spacial score (nSPS) is 12.1. The Bertz CT molecular complexity index is 348. The van der Waals surface area contributed by atoms with Crippen LogP contribution in [0.25, 0.3) is 0 Å². The molecule has 1 unspecified atom stereocenters. The second-order valence-corrected chi connectivity index (χ2v) is 3.94. The molecule has 0 aliphatic rings. The highest BCUT2D eigenvalue weighted by molar-refractivity contribution is 7.80. The van der Waals surface area contributed by atoms with Crippen LogP contribution in [0.1, 0.15) is 23.9 Å². The lowest BCUT2D eigenvalue weighted by Crippen LogP contribution is -2.37. The third-order valence-corrected chi connectivity index (χ3v) is 2.38. The molecule has 82 valence electrons. The lowest BCUT2D eigenvalue weighted by molar-refractivity contribution is 0.0716. The highest BCUT2D eigenvalue weighted by Crippen LogP contribution is 2.09. The summed E-state index contributed by atoms with van der Waals surface area (Å²) in [5.41, 5.74) is 5.42. The molecule has 1 heterocycles. The van der Waals surface area contributed by atoms with Gasteiger partial charge in [-0.15, -0.1) is 0 Å². The third kappa shape index (κ3) is 3.06. The predicted octanol–water partition coefficient (Wildman–Crippen LogP) is 1.42. The van der Waals surface area contributed by atoms with E-state index < -0.39 is 0 Å². The molecule has 4 nitrogen and oxygen atoms in total. The Balaban J connectivity index is 2.64. The molecule has 0 fully saturated rings. The standard InChI is InChI=1S/C10H14N2O2S/c1-7(6-9(11)15)12(2)10(13)8-4-3-5-14-8/h3-5,7H,6H2,1-2H3,(H2,11,15). The van der Waals surface area contributed by atoms with Gasteiger partial charge in [-0.1, -0.05) is 12.2 Å². The van der Waals surface area contributed by atoms with Crippen molar-refractivity contribution in [1.29, 1.82) is 0 Å². The Kier molecular flexibility index (Phi) is 3.85. The van der Waals surface area contributed by atoms with Crippen LogP contribution >= 0.6 is 12.2 Å². The molecule has 0 saturated carbocycles. The van der Waals surface area contributed by atoms with E-state index in [1.807, 2.05) is 6.92 Å². The molecular formula is C10H14N2O2S. The van der Waals surface area contributed by atoms with E-state index in [1.54, 1.807) is 24.1 Å². The maximum absolute atomic E-state index is 11.8. The number of thiocarbonyl (C=S) groups is 1. The molecule has 1 amide bonds. The lowest BCUT2D eigenvalue weighted by atomic mass is 10.2. The predicted molar refractivity (Wildman–Crippen MR) is 61.7 cm³/mol. The van der Waals surface area contributed by atoms with Crippen LogP contribution in [-0.4, -0.2) is 28.9 Å². The van der Waals surface area contributed by atoms with Gasteiger partial charge in [0.05, 0.1) is 11.3 Å². The van der Waals surface area contributed by atoms with E-state index in [9.17, 15) is 4.79 Å². The van der Waals surface area contributed by atoms with Crippen molar-refractivity contribution in [2.45, 2.75) is 19.4 Å². The number of nitrogens with zero attached hydrogens (tertiary/aromatic N) is 1. The monoisotopic (exact) mass is 226 g/mol. The van der Waals surface area contributed by atoms with Gasteiger partial charge in [0.1, 0.15) is 0 Å². The largest absolute Gasteiger partial charge is 0.459 e. The second-order valence-electron chi connectivity index (χ2n) is 3.41. The van der Waals surface area contributed by atoms with Crippen LogP contribution < -0.4 is 5.73 Å². The van der Waals surface area contributed by atoms with E-state index >= 15 is 0 Å². The first-order chi connectivity index (χ1) is 7.02. The van der Waals surface area contributed by atoms with Gasteiger partial charge < -0.3 is 15.1 Å². The zero-order valence-corrected chi connectivity index (χ0v) is 9.58. The van der Waals surface area contributed by atoms with Gasteiger partial charge in [0.25, 0.3) is 5.91 Å². The number of hydrogen-bond donors (Lipinski definition) is 1. The van der Waals surface area contributed by atoms with Crippen molar-refractivity contribution >= 4 is 23.1 Å². The average molecular weight is 226 g/mol. The summed E-state index contributed by atoms with van der Waals surface area (Å²) in [4.78, 5) is 13.7. The molecule has 0 aliphatic carbocycles. The van der Waals surface area contributed by atoms with Crippen molar-refractivity contribution in [2.75, 3.05) is 7.05 Å². The number of hydrogen-bond acceptors (Lipinski definition) is 3. The minimum atomic E-state index is -0.163. The van der Waals surface area contributed by atoms with Gasteiger partial charge in [-0.05, 0) is 19.1 Å². The van der Waals surface area contributed by atoms with Crippen LogP contribution in [0.3, 0.4) is 0 Å². The lowest BCUT2D eigenvalue weighted by Gasteiger charge is -2.23. The van der Waals surface area contributed by atoms with Crippen molar-refractivity contribution < 1.29 is 9.21 Å². The third-order valence-electron chi connectivity index (χ3n) is 2.21. The minimum Gasteiger partial charge on any atom is -0.459 e. The number of rotatable bonds is 4. The van der Waals surface area contributed by atoms with Gasteiger partial charge in [0, 0.05) is 19.5 Å². The summed E-state index contributed by atoms with van der Waals surface area (Å²) >= 11 is 4.79. The van der Waals surface area contributed by atoms with Crippen molar-refractivity contribution in [3.8, 4) is 0 Å². The SMILES string of the molecule is CC(CC(N)=S)N(C)C(=O)c1ccco1. The van der Waals surface area contributed by atoms with Crippen molar-refractivity contribution in [1.82, 2.24) is 4.90 Å². The molecule has 2 N–H and O–H groups in total. The summed E-state index contributed by atoms with van der Waals surface area (Å²) in [6.07, 6.45) is 1.98. The molecule has 0 radical (unpaired) electrons. The fourth-order valence-electron chi connectivity index (χ4n) is 1.20. The fourth-order valence-corrected chi connectivity index (χ4v) is 1.44. The first kappa shape index (κ1) is 11.7. The molecule has 1 aromatic rings. The van der Waals surface area contributed by atoms with E-state index in [0.29, 0.717) is 17.2 Å². The van der Waals surface area contributed by atoms with Crippen molar-refractivity contribution in [3.63, 3.8) is 0 Å². The van der Waals surface area contributed by atoms with E-state index in [0.717, 1.165) is 0 Å². The smallest absolute Gasteiger partial charge is 0.289 e. The summed E-state index contributed by atoms with van der Waals surface area (Å²) in [5, 5.41) is 0. The topological polar surface area (TPSA) is 59.5 Å². The summed E-state index contributed by atoms with van der Waals surface area (Å²) in [7, 11) is 1.70. The molecule has 0 bridgehead atoms. The minimum absolute atomic E-state index is 0.0277. The number of carbonyl (C=O) groups is 1. The Morgan fingerprint density at radius 1 is 1.73 bits per heavy atom. The zero-order valence-electron chi connectivity index (χ0n) is 8.77. The van der Waals surface area contributed by atoms with Gasteiger partial charge in [-0.25, -0.2) is 0 Å². The molecule has 1 rings (SSSR count). The summed E-state index contributed by atoms with van der Waals surface area (Å²) in [6.45, 7) is 1.89. The molecule has 0 aromatic carbocycles. The van der Waals surface area contributed by atoms with Crippen LogP contribution in [0.5, 0.6) is 0 Å². The van der Waals surface area contributed by atoms with Crippen LogP contribution in [0.4, 0.5) is 0 Å². The van der Waals surface area contributed by atoms with Gasteiger partial charge >= 0.3 is 0 Å². The molecule has 15 heavy (non-hydrogen) atoms. The summed E-state index contributed by atoms with van der Waals surface area (Å²) in [6, 6.07) is 3.28. The van der Waals surface area contributed by atoms with E-state index in [1.165, 1.54) is 6.26 Å². The van der Waals surface area contributed by atoms with Gasteiger partial charge in [0.2, 0.25) is 0 Å². The molecule has 0 aliphatic heterocycles. The number of furan rings is 1. The Labute approximate surface area is 94.0 Å². The van der Waals surface area contributed by atoms with Crippen molar-refractivity contribution in [3.05, 3.63) is 24.2 Å². The number of carbonyl (C=O) groups excluding carboxylic acids is 1. The summed E-state index contributed by atoms with van der Waals surface area (Å²) in [5.74, 6) is 0.163. The van der Waals surface area contributed by atoms with Gasteiger partial charge in [-0.2, -0.15) is 0 Å². The average Bonchev–Trinajstić information content (AvgIpc) is 2.67. The Morgan fingerprint density at radius 2 is 2.40 bits per heavy atom. The van der Waals surface area contributed by atoms with Crippen LogP contribution in [-0.2, 0) is 0 Å². The fraction of sp³-hybridized carbons (Fsp3) is 0.400. The number of nitrogens with two attached hydrogens (primary N) is 1. The highest BCUT2D eigenvalue weighted by Gasteiger charge is 2.19. The molecule has 0 spiro atoms. The molecule has 1 aromatic heterocycles. The van der Waals surface area contributed by atoms with Gasteiger partial charge in [-0.3, -0.25) is 4.79 Å². The Morgan fingerprint density at radius 3 is 2.87 bits per heavy atom. The van der Waals surface area contributed by atoms with Gasteiger partial charge in [0.15, 0.2) is 5.76 Å². The second kappa shape index (κ2) is 4.93. The Hall–Kier alpha value is -1.36. The van der Waals surface area contributed by atoms with Crippen LogP contribution in [0.2, 0.25) is 0 Å². The first-order valence-electron chi connectivity index (χ1n) is 4.61. The molecule has 5 heteroatoms. The highest BCUT2D eigenvalue weighted by atomic mass is 32.1. The van der Waals surface area contributed by atoms with Crippen molar-refractivity contribution in [2.24, 2.45) is 5.73 Å².